The third-order valence-corrected chi connectivity index (χ3v) is 3.02. The fourth-order valence-corrected chi connectivity index (χ4v) is 1.84. The topological polar surface area (TPSA) is 78.6 Å². The molecule has 1 aromatic carbocycles. The molecule has 112 valence electrons. The average Bonchev–Trinajstić information content (AvgIpc) is 2.42. The van der Waals surface area contributed by atoms with E-state index in [4.69, 9.17) is 10.8 Å². The van der Waals surface area contributed by atoms with Gasteiger partial charge in [0.1, 0.15) is 5.82 Å². The largest absolute Gasteiger partial charge is 0.397 e. The quantitative estimate of drug-likeness (QED) is 0.631. The Morgan fingerprint density at radius 3 is 2.80 bits per heavy atom. The van der Waals surface area contributed by atoms with Gasteiger partial charge in [0.2, 0.25) is 5.91 Å². The number of carbonyl (C=O) groups is 1. The number of nitrogens with zero attached hydrogens (tertiary/aromatic N) is 1. The summed E-state index contributed by atoms with van der Waals surface area (Å²) in [7, 11) is 0. The summed E-state index contributed by atoms with van der Waals surface area (Å²) >= 11 is 0. The molecule has 0 aromatic heterocycles. The van der Waals surface area contributed by atoms with Crippen molar-refractivity contribution in [2.75, 3.05) is 37.3 Å². The molecular weight excluding hydrogens is 261 g/mol. The highest BCUT2D eigenvalue weighted by Crippen LogP contribution is 2.19. The van der Waals surface area contributed by atoms with E-state index in [2.05, 4.69) is 10.2 Å². The lowest BCUT2D eigenvalue weighted by Crippen LogP contribution is -2.29. The Hall–Kier alpha value is -1.66. The maximum absolute atomic E-state index is 12.9. The summed E-state index contributed by atoms with van der Waals surface area (Å²) in [5.41, 5.74) is 6.26. The molecule has 0 radical (unpaired) electrons. The monoisotopic (exact) mass is 283 g/mol. The second-order valence-electron chi connectivity index (χ2n) is 4.54. The maximum Gasteiger partial charge on any atom is 0.225 e. The van der Waals surface area contributed by atoms with Gasteiger partial charge in [0.05, 0.1) is 11.4 Å². The first-order chi connectivity index (χ1) is 9.56. The maximum atomic E-state index is 12.9. The van der Waals surface area contributed by atoms with Gasteiger partial charge in [0.15, 0.2) is 0 Å². The van der Waals surface area contributed by atoms with Crippen LogP contribution in [0.3, 0.4) is 0 Å². The van der Waals surface area contributed by atoms with Gasteiger partial charge in [-0.15, -0.1) is 0 Å². The van der Waals surface area contributed by atoms with Crippen LogP contribution in [0.1, 0.15) is 19.8 Å². The summed E-state index contributed by atoms with van der Waals surface area (Å²) in [5.74, 6) is -0.590. The fourth-order valence-electron chi connectivity index (χ4n) is 1.84. The van der Waals surface area contributed by atoms with Gasteiger partial charge >= 0.3 is 0 Å². The van der Waals surface area contributed by atoms with E-state index in [-0.39, 0.29) is 18.2 Å². The van der Waals surface area contributed by atoms with Gasteiger partial charge in [-0.1, -0.05) is 6.92 Å². The molecule has 0 aliphatic heterocycles. The van der Waals surface area contributed by atoms with E-state index in [1.54, 1.807) is 0 Å². The van der Waals surface area contributed by atoms with Gasteiger partial charge < -0.3 is 21.1 Å². The molecule has 0 saturated carbocycles. The number of halogens is 1. The van der Waals surface area contributed by atoms with Gasteiger partial charge in [-0.25, -0.2) is 4.39 Å². The number of hydrogen-bond donors (Lipinski definition) is 3. The predicted molar refractivity (Wildman–Crippen MR) is 77.9 cm³/mol. The molecular formula is C14H22FN3O2. The van der Waals surface area contributed by atoms with Crippen molar-refractivity contribution in [3.8, 4) is 0 Å². The van der Waals surface area contributed by atoms with Crippen LogP contribution in [0, 0.1) is 5.82 Å². The van der Waals surface area contributed by atoms with E-state index >= 15 is 0 Å². The number of aliphatic hydroxyl groups excluding tert-OH is 1. The van der Waals surface area contributed by atoms with Crippen LogP contribution in [-0.4, -0.2) is 42.2 Å². The smallest absolute Gasteiger partial charge is 0.225 e. The second kappa shape index (κ2) is 8.50. The zero-order valence-electron chi connectivity index (χ0n) is 11.7. The molecule has 6 heteroatoms. The van der Waals surface area contributed by atoms with Crippen molar-refractivity contribution in [1.82, 2.24) is 4.90 Å². The molecule has 0 spiro atoms. The van der Waals surface area contributed by atoms with Crippen LogP contribution in [0.2, 0.25) is 0 Å². The van der Waals surface area contributed by atoms with Crippen molar-refractivity contribution in [1.29, 1.82) is 0 Å². The van der Waals surface area contributed by atoms with Crippen LogP contribution in [0.4, 0.5) is 15.8 Å². The van der Waals surface area contributed by atoms with Crippen molar-refractivity contribution >= 4 is 17.3 Å². The van der Waals surface area contributed by atoms with Crippen LogP contribution in [0.5, 0.6) is 0 Å². The zero-order chi connectivity index (χ0) is 15.0. The van der Waals surface area contributed by atoms with E-state index in [9.17, 15) is 9.18 Å². The minimum atomic E-state index is -0.429. The number of nitrogens with one attached hydrogen (secondary N) is 1. The summed E-state index contributed by atoms with van der Waals surface area (Å²) in [6.45, 7) is 4.36. The zero-order valence-corrected chi connectivity index (χ0v) is 11.7. The van der Waals surface area contributed by atoms with Crippen LogP contribution in [0.15, 0.2) is 18.2 Å². The van der Waals surface area contributed by atoms with Crippen LogP contribution in [0.25, 0.3) is 0 Å². The first kappa shape index (κ1) is 16.4. The van der Waals surface area contributed by atoms with Crippen molar-refractivity contribution in [3.63, 3.8) is 0 Å². The molecule has 0 atom stereocenters. The minimum Gasteiger partial charge on any atom is -0.397 e. The highest BCUT2D eigenvalue weighted by molar-refractivity contribution is 5.93. The number of anilines is 2. The molecule has 0 aliphatic carbocycles. The number of nitrogens with two attached hydrogens (primary N) is 1. The average molecular weight is 283 g/mol. The molecule has 0 unspecified atom stereocenters. The summed E-state index contributed by atoms with van der Waals surface area (Å²) in [6, 6.07) is 3.88. The first-order valence-electron chi connectivity index (χ1n) is 6.75. The molecule has 0 bridgehead atoms. The summed E-state index contributed by atoms with van der Waals surface area (Å²) in [6.07, 6.45) is 1.02. The van der Waals surface area contributed by atoms with Gasteiger partial charge in [-0.05, 0) is 31.2 Å². The van der Waals surface area contributed by atoms with Crippen LogP contribution in [-0.2, 0) is 4.79 Å². The minimum absolute atomic E-state index is 0.148. The second-order valence-corrected chi connectivity index (χ2v) is 4.54. The molecule has 1 amide bonds. The molecule has 0 heterocycles. The summed E-state index contributed by atoms with van der Waals surface area (Å²) in [4.78, 5) is 13.9. The SMILES string of the molecule is CCN(CCCO)CCC(=O)Nc1ccc(F)cc1N. The Kier molecular flexibility index (Phi) is 6.97. The van der Waals surface area contributed by atoms with E-state index in [0.29, 0.717) is 25.1 Å². The third-order valence-electron chi connectivity index (χ3n) is 3.02. The van der Waals surface area contributed by atoms with E-state index in [1.165, 1.54) is 18.2 Å². The molecule has 4 N–H and O–H groups in total. The number of amides is 1. The van der Waals surface area contributed by atoms with Gasteiger partial charge in [-0.2, -0.15) is 0 Å². The number of nitrogen functional groups attached to an aromatic ring is 1. The summed E-state index contributed by atoms with van der Waals surface area (Å²) < 4.78 is 12.9. The normalized spacial score (nSPS) is 10.8. The molecule has 5 nitrogen and oxygen atoms in total. The molecule has 1 aromatic rings. The summed E-state index contributed by atoms with van der Waals surface area (Å²) in [5, 5.41) is 11.5. The van der Waals surface area contributed by atoms with Gasteiger partial charge in [0, 0.05) is 26.1 Å². The Labute approximate surface area is 118 Å². The molecule has 0 aliphatic rings. The number of aliphatic hydroxyl groups is 1. The van der Waals surface area contributed by atoms with Crippen molar-refractivity contribution < 1.29 is 14.3 Å². The van der Waals surface area contributed by atoms with E-state index in [0.717, 1.165) is 13.1 Å². The van der Waals surface area contributed by atoms with E-state index < -0.39 is 5.82 Å². The Morgan fingerprint density at radius 1 is 1.45 bits per heavy atom. The highest BCUT2D eigenvalue weighted by atomic mass is 19.1. The lowest BCUT2D eigenvalue weighted by Gasteiger charge is -2.19. The standard InChI is InChI=1S/C14H22FN3O2/c1-2-18(7-3-9-19)8-6-14(20)17-13-5-4-11(15)10-12(13)16/h4-5,10,19H,2-3,6-9,16H2,1H3,(H,17,20). The molecule has 0 saturated heterocycles. The van der Waals surface area contributed by atoms with Crippen molar-refractivity contribution in [2.45, 2.75) is 19.8 Å². The fraction of sp³-hybridized carbons (Fsp3) is 0.500. The van der Waals surface area contributed by atoms with Crippen LogP contribution < -0.4 is 11.1 Å². The van der Waals surface area contributed by atoms with Crippen molar-refractivity contribution in [2.24, 2.45) is 0 Å². The lowest BCUT2D eigenvalue weighted by molar-refractivity contribution is -0.116. The third kappa shape index (κ3) is 5.54. The van der Waals surface area contributed by atoms with Gasteiger partial charge in [-0.3, -0.25) is 4.79 Å². The highest BCUT2D eigenvalue weighted by Gasteiger charge is 2.08. The number of carbonyl (C=O) groups excluding carboxylic acids is 1. The number of hydrogen-bond acceptors (Lipinski definition) is 4. The number of benzene rings is 1. The molecule has 20 heavy (non-hydrogen) atoms. The number of rotatable bonds is 8. The van der Waals surface area contributed by atoms with Gasteiger partial charge in [0.25, 0.3) is 0 Å². The first-order valence-corrected chi connectivity index (χ1v) is 6.75. The van der Waals surface area contributed by atoms with Crippen LogP contribution >= 0.6 is 0 Å². The Bertz CT molecular complexity index is 440. The van der Waals surface area contributed by atoms with Crippen molar-refractivity contribution in [3.05, 3.63) is 24.0 Å². The molecule has 0 fully saturated rings. The predicted octanol–water partition coefficient (Wildman–Crippen LogP) is 1.44. The Morgan fingerprint density at radius 2 is 2.20 bits per heavy atom. The lowest BCUT2D eigenvalue weighted by atomic mass is 10.2. The Balaban J connectivity index is 2.43. The van der Waals surface area contributed by atoms with E-state index in [1.807, 2.05) is 6.92 Å². The molecule has 1 rings (SSSR count).